The molecule has 0 bridgehead atoms. The Morgan fingerprint density at radius 3 is 2.50 bits per heavy atom. The Bertz CT molecular complexity index is 240. The first-order chi connectivity index (χ1) is 7.86. The van der Waals surface area contributed by atoms with Gasteiger partial charge in [-0.15, -0.1) is 0 Å². The fraction of sp³-hybridized carbons (Fsp3) is 0.571. The number of unbranched alkanes of at least 4 members (excludes halogenated alkanes) is 2. The number of hydrogen-bond donors (Lipinski definition) is 1. The summed E-state index contributed by atoms with van der Waals surface area (Å²) in [7, 11) is 1.93. The highest BCUT2D eigenvalue weighted by atomic mass is 16.5. The second-order valence-corrected chi connectivity index (χ2v) is 4.05. The molecule has 0 saturated carbocycles. The molecule has 0 unspecified atom stereocenters. The molecule has 2 nitrogen and oxygen atoms in total. The van der Waals surface area contributed by atoms with E-state index in [1.165, 1.54) is 31.2 Å². The summed E-state index contributed by atoms with van der Waals surface area (Å²) in [5.74, 6) is 0.967. The van der Waals surface area contributed by atoms with Gasteiger partial charge in [-0.3, -0.25) is 0 Å². The Morgan fingerprint density at radius 2 is 1.88 bits per heavy atom. The van der Waals surface area contributed by atoms with Crippen LogP contribution in [0.2, 0.25) is 0 Å². The van der Waals surface area contributed by atoms with Gasteiger partial charge >= 0.3 is 0 Å². The summed E-state index contributed by atoms with van der Waals surface area (Å²) in [5, 5.41) is 3.06. The van der Waals surface area contributed by atoms with Crippen LogP contribution in [0, 0.1) is 0 Å². The molecule has 0 aliphatic rings. The maximum Gasteiger partial charge on any atom is 0.119 e. The van der Waals surface area contributed by atoms with Crippen molar-refractivity contribution in [2.75, 3.05) is 20.2 Å². The van der Waals surface area contributed by atoms with Crippen molar-refractivity contribution >= 4 is 0 Å². The minimum absolute atomic E-state index is 0.728. The van der Waals surface area contributed by atoms with Crippen molar-refractivity contribution in [1.82, 2.24) is 5.32 Å². The molecule has 1 N–H and O–H groups in total. The van der Waals surface area contributed by atoms with Crippen LogP contribution in [0.25, 0.3) is 0 Å². The highest BCUT2D eigenvalue weighted by Crippen LogP contribution is 2.14. The van der Waals surface area contributed by atoms with Crippen LogP contribution in [-0.4, -0.2) is 20.2 Å². The number of nitrogens with one attached hydrogen (secondary N) is 1. The molecule has 0 radical (unpaired) electrons. The highest BCUT2D eigenvalue weighted by molar-refractivity contribution is 5.27. The molecule has 0 spiro atoms. The number of likely N-dealkylation sites (N-methyl/N-ethyl adjacent to an activating group) is 1. The standard InChI is InChI=1S/C14H23NO/c1-3-4-5-6-13-7-9-14(10-8-13)16-12-11-15-2/h7-10,15H,3-6,11-12H2,1-2H3. The van der Waals surface area contributed by atoms with Gasteiger partial charge in [0.25, 0.3) is 0 Å². The van der Waals surface area contributed by atoms with Gasteiger partial charge < -0.3 is 10.1 Å². The van der Waals surface area contributed by atoms with E-state index < -0.39 is 0 Å². The smallest absolute Gasteiger partial charge is 0.119 e. The van der Waals surface area contributed by atoms with Crippen LogP contribution in [0.15, 0.2) is 24.3 Å². The van der Waals surface area contributed by atoms with Gasteiger partial charge in [-0.25, -0.2) is 0 Å². The summed E-state index contributed by atoms with van der Waals surface area (Å²) in [6, 6.07) is 8.47. The number of hydrogen-bond acceptors (Lipinski definition) is 2. The summed E-state index contributed by atoms with van der Waals surface area (Å²) in [6.07, 6.45) is 5.08. The molecule has 1 aromatic carbocycles. The van der Waals surface area contributed by atoms with Crippen molar-refractivity contribution < 1.29 is 4.74 Å². The summed E-state index contributed by atoms with van der Waals surface area (Å²) in [5.41, 5.74) is 1.41. The Kier molecular flexibility index (Phi) is 6.66. The fourth-order valence-electron chi connectivity index (χ4n) is 1.60. The van der Waals surface area contributed by atoms with Crippen LogP contribution >= 0.6 is 0 Å². The van der Waals surface area contributed by atoms with Crippen LogP contribution in [-0.2, 0) is 6.42 Å². The molecule has 2 heteroatoms. The van der Waals surface area contributed by atoms with Gasteiger partial charge in [0.2, 0.25) is 0 Å². The van der Waals surface area contributed by atoms with Crippen LogP contribution in [0.1, 0.15) is 31.7 Å². The molecule has 0 aliphatic heterocycles. The van der Waals surface area contributed by atoms with E-state index in [0.29, 0.717) is 0 Å². The molecular weight excluding hydrogens is 198 g/mol. The van der Waals surface area contributed by atoms with Gasteiger partial charge in [-0.1, -0.05) is 31.9 Å². The monoisotopic (exact) mass is 221 g/mol. The van der Waals surface area contributed by atoms with Gasteiger partial charge in [-0.05, 0) is 37.6 Å². The Labute approximate surface area is 99.0 Å². The van der Waals surface area contributed by atoms with Crippen molar-refractivity contribution in [3.63, 3.8) is 0 Å². The summed E-state index contributed by atoms with van der Waals surface area (Å²) < 4.78 is 5.56. The molecule has 16 heavy (non-hydrogen) atoms. The lowest BCUT2D eigenvalue weighted by atomic mass is 10.1. The summed E-state index contributed by atoms with van der Waals surface area (Å²) >= 11 is 0. The molecule has 1 aromatic rings. The minimum atomic E-state index is 0.728. The Balaban J connectivity index is 2.30. The molecule has 0 atom stereocenters. The number of aryl methyl sites for hydroxylation is 1. The zero-order valence-electron chi connectivity index (χ0n) is 10.5. The lowest BCUT2D eigenvalue weighted by molar-refractivity contribution is 0.318. The van der Waals surface area contributed by atoms with Crippen molar-refractivity contribution in [3.8, 4) is 5.75 Å². The van der Waals surface area contributed by atoms with Crippen molar-refractivity contribution in [2.24, 2.45) is 0 Å². The van der Waals surface area contributed by atoms with Gasteiger partial charge in [0, 0.05) is 6.54 Å². The van der Waals surface area contributed by atoms with Crippen LogP contribution in [0.5, 0.6) is 5.75 Å². The molecule has 0 saturated heterocycles. The van der Waals surface area contributed by atoms with Crippen molar-refractivity contribution in [1.29, 1.82) is 0 Å². The molecule has 1 rings (SSSR count). The largest absolute Gasteiger partial charge is 0.492 e. The topological polar surface area (TPSA) is 21.3 Å². The highest BCUT2D eigenvalue weighted by Gasteiger charge is 1.95. The first kappa shape index (κ1) is 13.0. The molecule has 0 amide bonds. The maximum atomic E-state index is 5.56. The maximum absolute atomic E-state index is 5.56. The average Bonchev–Trinajstić information content (AvgIpc) is 2.32. The third-order valence-electron chi connectivity index (χ3n) is 2.61. The molecule has 90 valence electrons. The Hall–Kier alpha value is -1.02. The normalized spacial score (nSPS) is 10.4. The molecule has 0 aromatic heterocycles. The van der Waals surface area contributed by atoms with E-state index in [2.05, 4.69) is 36.5 Å². The van der Waals surface area contributed by atoms with Crippen LogP contribution in [0.3, 0.4) is 0 Å². The van der Waals surface area contributed by atoms with E-state index in [0.717, 1.165) is 18.9 Å². The summed E-state index contributed by atoms with van der Waals surface area (Å²) in [6.45, 7) is 3.85. The second kappa shape index (κ2) is 8.17. The fourth-order valence-corrected chi connectivity index (χ4v) is 1.60. The van der Waals surface area contributed by atoms with E-state index >= 15 is 0 Å². The first-order valence-corrected chi connectivity index (χ1v) is 6.23. The number of rotatable bonds is 8. The van der Waals surface area contributed by atoms with E-state index in [9.17, 15) is 0 Å². The Morgan fingerprint density at radius 1 is 1.12 bits per heavy atom. The van der Waals surface area contributed by atoms with Crippen molar-refractivity contribution in [2.45, 2.75) is 32.6 Å². The first-order valence-electron chi connectivity index (χ1n) is 6.23. The molecular formula is C14H23NO. The predicted molar refractivity (Wildman–Crippen MR) is 69.1 cm³/mol. The van der Waals surface area contributed by atoms with E-state index in [-0.39, 0.29) is 0 Å². The number of benzene rings is 1. The van der Waals surface area contributed by atoms with Gasteiger partial charge in [-0.2, -0.15) is 0 Å². The molecule has 0 heterocycles. The van der Waals surface area contributed by atoms with Gasteiger partial charge in [0.05, 0.1) is 0 Å². The zero-order chi connectivity index (χ0) is 11.6. The second-order valence-electron chi connectivity index (χ2n) is 4.05. The molecule has 0 fully saturated rings. The van der Waals surface area contributed by atoms with E-state index in [1.807, 2.05) is 7.05 Å². The predicted octanol–water partition coefficient (Wildman–Crippen LogP) is 3.02. The number of ether oxygens (including phenoxy) is 1. The lowest BCUT2D eigenvalue weighted by Gasteiger charge is -2.06. The van der Waals surface area contributed by atoms with Crippen LogP contribution in [0.4, 0.5) is 0 Å². The average molecular weight is 221 g/mol. The third kappa shape index (κ3) is 5.17. The van der Waals surface area contributed by atoms with Crippen LogP contribution < -0.4 is 10.1 Å². The van der Waals surface area contributed by atoms with E-state index in [4.69, 9.17) is 4.74 Å². The van der Waals surface area contributed by atoms with Gasteiger partial charge in [0.1, 0.15) is 12.4 Å². The van der Waals surface area contributed by atoms with Gasteiger partial charge in [0.15, 0.2) is 0 Å². The molecule has 0 aliphatic carbocycles. The quantitative estimate of drug-likeness (QED) is 0.681. The minimum Gasteiger partial charge on any atom is -0.492 e. The van der Waals surface area contributed by atoms with E-state index in [1.54, 1.807) is 0 Å². The third-order valence-corrected chi connectivity index (χ3v) is 2.61. The lowest BCUT2D eigenvalue weighted by Crippen LogP contribution is -2.15. The zero-order valence-corrected chi connectivity index (χ0v) is 10.5. The summed E-state index contributed by atoms with van der Waals surface area (Å²) in [4.78, 5) is 0. The SMILES string of the molecule is CCCCCc1ccc(OCCNC)cc1. The van der Waals surface area contributed by atoms with Crippen molar-refractivity contribution in [3.05, 3.63) is 29.8 Å².